The van der Waals surface area contributed by atoms with Gasteiger partial charge in [-0.15, -0.1) is 0 Å². The van der Waals surface area contributed by atoms with Crippen molar-refractivity contribution in [2.45, 2.75) is 43.3 Å². The van der Waals surface area contributed by atoms with E-state index in [0.717, 1.165) is 12.8 Å². The molecule has 1 fully saturated rings. The molecule has 25 heavy (non-hydrogen) atoms. The molecule has 1 aliphatic carbocycles. The van der Waals surface area contributed by atoms with E-state index in [-0.39, 0.29) is 5.82 Å². The Morgan fingerprint density at radius 2 is 2.12 bits per heavy atom. The molecule has 2 aromatic heterocycles. The Balaban J connectivity index is 1.67. The number of rotatable bonds is 6. The standard InChI is InChI=1S/C15H18ClF2N4O2P/c1-25(23,22-11-4-2-3-5-11)9-12-7-6-10(8-19-12)13-20-14(24-21-13)15(16,17)18/h6-8,11H,2-5,9H2,1H3,(H,22,23). The van der Waals surface area contributed by atoms with Crippen molar-refractivity contribution in [3.63, 3.8) is 0 Å². The minimum atomic E-state index is -3.71. The maximum absolute atomic E-state index is 12.9. The highest BCUT2D eigenvalue weighted by Crippen LogP contribution is 2.42. The molecule has 1 unspecified atom stereocenters. The van der Waals surface area contributed by atoms with Crippen LogP contribution in [0.4, 0.5) is 8.78 Å². The van der Waals surface area contributed by atoms with Gasteiger partial charge in [-0.1, -0.05) is 18.0 Å². The van der Waals surface area contributed by atoms with E-state index in [4.69, 9.17) is 11.6 Å². The van der Waals surface area contributed by atoms with Gasteiger partial charge >= 0.3 is 11.3 Å². The normalized spacial score (nSPS) is 18.4. The van der Waals surface area contributed by atoms with Crippen LogP contribution >= 0.6 is 18.9 Å². The summed E-state index contributed by atoms with van der Waals surface area (Å²) in [5.74, 6) is -0.995. The predicted octanol–water partition coefficient (Wildman–Crippen LogP) is 4.36. The van der Waals surface area contributed by atoms with E-state index in [1.807, 2.05) is 0 Å². The third-order valence-corrected chi connectivity index (χ3v) is 6.03. The molecular formula is C15H18ClF2N4O2P. The highest BCUT2D eigenvalue weighted by atomic mass is 35.5. The molecule has 0 amide bonds. The zero-order valence-electron chi connectivity index (χ0n) is 13.6. The molecule has 0 saturated heterocycles. The number of halogens is 3. The van der Waals surface area contributed by atoms with Gasteiger partial charge in [0.2, 0.25) is 5.82 Å². The molecule has 1 atom stereocenters. The van der Waals surface area contributed by atoms with E-state index in [0.29, 0.717) is 23.5 Å². The fourth-order valence-corrected chi connectivity index (χ4v) is 4.91. The van der Waals surface area contributed by atoms with Crippen LogP contribution in [0.15, 0.2) is 22.9 Å². The Bertz CT molecular complexity index is 773. The maximum Gasteiger partial charge on any atom is 0.400 e. The van der Waals surface area contributed by atoms with Crippen molar-refractivity contribution in [1.82, 2.24) is 20.2 Å². The highest BCUT2D eigenvalue weighted by Gasteiger charge is 2.35. The van der Waals surface area contributed by atoms with Crippen LogP contribution < -0.4 is 5.09 Å². The molecule has 0 radical (unpaired) electrons. The van der Waals surface area contributed by atoms with E-state index >= 15 is 0 Å². The summed E-state index contributed by atoms with van der Waals surface area (Å²) in [5.41, 5.74) is 1.06. The Hall–Kier alpha value is -1.37. The molecule has 3 rings (SSSR count). The van der Waals surface area contributed by atoms with Crippen LogP contribution in [0.1, 0.15) is 37.3 Å². The number of alkyl halides is 3. The lowest BCUT2D eigenvalue weighted by atomic mass is 10.2. The van der Waals surface area contributed by atoms with E-state index in [1.165, 1.54) is 19.0 Å². The van der Waals surface area contributed by atoms with Crippen LogP contribution in [-0.4, -0.2) is 27.8 Å². The van der Waals surface area contributed by atoms with E-state index in [2.05, 4.69) is 24.7 Å². The first-order valence-electron chi connectivity index (χ1n) is 7.93. The quantitative estimate of drug-likeness (QED) is 0.583. The number of hydrogen-bond acceptors (Lipinski definition) is 5. The number of aromatic nitrogens is 3. The molecule has 1 aliphatic rings. The molecule has 2 heterocycles. The first kappa shape index (κ1) is 18.4. The number of hydrogen-bond donors (Lipinski definition) is 1. The average molecular weight is 391 g/mol. The fraction of sp³-hybridized carbons (Fsp3) is 0.533. The largest absolute Gasteiger partial charge is 0.400 e. The number of nitrogens with one attached hydrogen (secondary N) is 1. The number of nitrogens with zero attached hydrogens (tertiary/aromatic N) is 3. The smallest absolute Gasteiger partial charge is 0.331 e. The molecular weight excluding hydrogens is 373 g/mol. The van der Waals surface area contributed by atoms with Gasteiger partial charge in [-0.2, -0.15) is 13.8 Å². The molecule has 0 bridgehead atoms. The van der Waals surface area contributed by atoms with Crippen molar-refractivity contribution >= 4 is 18.9 Å². The van der Waals surface area contributed by atoms with Crippen molar-refractivity contribution in [3.8, 4) is 11.4 Å². The fourth-order valence-electron chi connectivity index (χ4n) is 2.90. The zero-order chi connectivity index (χ0) is 18.1. The van der Waals surface area contributed by atoms with Gasteiger partial charge in [0.1, 0.15) is 0 Å². The van der Waals surface area contributed by atoms with Crippen molar-refractivity contribution in [2.75, 3.05) is 6.66 Å². The topological polar surface area (TPSA) is 80.9 Å². The summed E-state index contributed by atoms with van der Waals surface area (Å²) in [4.78, 5) is 7.79. The second-order valence-electron chi connectivity index (χ2n) is 6.33. The maximum atomic E-state index is 12.9. The molecule has 10 heteroatoms. The molecule has 1 saturated carbocycles. The molecule has 1 N–H and O–H groups in total. The summed E-state index contributed by atoms with van der Waals surface area (Å²) in [6, 6.07) is 3.61. The molecule has 0 aliphatic heterocycles. The summed E-state index contributed by atoms with van der Waals surface area (Å²) in [7, 11) is -2.55. The van der Waals surface area contributed by atoms with Gasteiger partial charge in [-0.3, -0.25) is 10.1 Å². The summed E-state index contributed by atoms with van der Waals surface area (Å²) >= 11 is 4.84. The van der Waals surface area contributed by atoms with Crippen LogP contribution in [-0.2, 0) is 16.1 Å². The van der Waals surface area contributed by atoms with Gasteiger partial charge < -0.3 is 9.09 Å². The third kappa shape index (κ3) is 4.84. The van der Waals surface area contributed by atoms with Crippen LogP contribution in [0.25, 0.3) is 11.4 Å². The van der Waals surface area contributed by atoms with E-state index < -0.39 is 18.6 Å². The summed E-state index contributed by atoms with van der Waals surface area (Å²) in [6.07, 6.45) is 6.19. The lowest BCUT2D eigenvalue weighted by molar-refractivity contribution is 0.0551. The Morgan fingerprint density at radius 1 is 1.40 bits per heavy atom. The van der Waals surface area contributed by atoms with Crippen LogP contribution in [0.5, 0.6) is 0 Å². The molecule has 0 aromatic carbocycles. The monoisotopic (exact) mass is 390 g/mol. The van der Waals surface area contributed by atoms with Gasteiger partial charge in [-0.25, -0.2) is 0 Å². The van der Waals surface area contributed by atoms with Crippen molar-refractivity contribution < 1.29 is 17.9 Å². The average Bonchev–Trinajstić information content (AvgIpc) is 3.17. The zero-order valence-corrected chi connectivity index (χ0v) is 15.2. The van der Waals surface area contributed by atoms with Crippen LogP contribution in [0, 0.1) is 0 Å². The first-order chi connectivity index (χ1) is 11.7. The van der Waals surface area contributed by atoms with Gasteiger partial charge in [-0.05, 0) is 36.6 Å². The Morgan fingerprint density at radius 3 is 2.68 bits per heavy atom. The molecule has 136 valence electrons. The molecule has 2 aromatic rings. The SMILES string of the molecule is CP(=O)(Cc1ccc(-c2noc(C(F)(F)Cl)n2)cn1)NC1CCCC1. The molecule has 6 nitrogen and oxygen atoms in total. The molecule has 0 spiro atoms. The second kappa shape index (κ2) is 7.09. The van der Waals surface area contributed by atoms with E-state index in [1.54, 1.807) is 18.8 Å². The van der Waals surface area contributed by atoms with E-state index in [9.17, 15) is 13.3 Å². The predicted molar refractivity (Wildman–Crippen MR) is 89.9 cm³/mol. The second-order valence-corrected chi connectivity index (χ2v) is 9.58. The summed E-state index contributed by atoms with van der Waals surface area (Å²) < 4.78 is 43.0. The lowest BCUT2D eigenvalue weighted by Gasteiger charge is -2.19. The Labute approximate surface area is 148 Å². The highest BCUT2D eigenvalue weighted by molar-refractivity contribution is 7.60. The Kier molecular flexibility index (Phi) is 5.23. The lowest BCUT2D eigenvalue weighted by Crippen LogP contribution is -2.23. The van der Waals surface area contributed by atoms with Crippen LogP contribution in [0.3, 0.4) is 0 Å². The third-order valence-electron chi connectivity index (χ3n) is 4.03. The van der Waals surface area contributed by atoms with Gasteiger partial charge in [0.15, 0.2) is 7.29 Å². The number of pyridine rings is 1. The minimum absolute atomic E-state index is 0.0295. The summed E-state index contributed by atoms with van der Waals surface area (Å²) in [6.45, 7) is 1.72. The van der Waals surface area contributed by atoms with Crippen molar-refractivity contribution in [3.05, 3.63) is 29.9 Å². The van der Waals surface area contributed by atoms with Crippen LogP contribution in [0.2, 0.25) is 0 Å². The van der Waals surface area contributed by atoms with Gasteiger partial charge in [0, 0.05) is 30.2 Å². The minimum Gasteiger partial charge on any atom is -0.331 e. The first-order valence-corrected chi connectivity index (χ1v) is 10.7. The van der Waals surface area contributed by atoms with Crippen molar-refractivity contribution in [2.24, 2.45) is 0 Å². The van der Waals surface area contributed by atoms with Gasteiger partial charge in [0.25, 0.3) is 0 Å². The van der Waals surface area contributed by atoms with Gasteiger partial charge in [0.05, 0.1) is 6.16 Å². The summed E-state index contributed by atoms with van der Waals surface area (Å²) in [5, 5.41) is 3.01. The van der Waals surface area contributed by atoms with Crippen molar-refractivity contribution in [1.29, 1.82) is 0 Å².